The van der Waals surface area contributed by atoms with Gasteiger partial charge in [-0.3, -0.25) is 14.5 Å². The average molecular weight is 322 g/mol. The van der Waals surface area contributed by atoms with Gasteiger partial charge in [-0.2, -0.15) is 0 Å². The second-order valence-corrected chi connectivity index (χ2v) is 6.47. The Morgan fingerprint density at radius 2 is 1.82 bits per heavy atom. The summed E-state index contributed by atoms with van der Waals surface area (Å²) in [7, 11) is 2.07. The maximum absolute atomic E-state index is 12.7. The Morgan fingerprint density at radius 3 is 2.45 bits per heavy atom. The lowest BCUT2D eigenvalue weighted by Gasteiger charge is -2.35. The van der Waals surface area contributed by atoms with Crippen LogP contribution in [0.3, 0.4) is 0 Å². The molecule has 2 aliphatic heterocycles. The number of hydrogen-bond acceptors (Lipinski definition) is 4. The van der Waals surface area contributed by atoms with Crippen LogP contribution in [0.1, 0.15) is 12.0 Å². The Kier molecular flexibility index (Phi) is 4.21. The standard InChI is InChI=1S/C16H20ClN3O2/c1-11-3-4-12(9-13(11)17)20-15(21)10-14(16(20)22)19-7-5-18(2)6-8-19/h3-4,9,14H,5-8,10H2,1-2H3. The van der Waals surface area contributed by atoms with E-state index in [-0.39, 0.29) is 24.3 Å². The van der Waals surface area contributed by atoms with Crippen LogP contribution in [0.15, 0.2) is 18.2 Å². The van der Waals surface area contributed by atoms with Gasteiger partial charge in [-0.25, -0.2) is 4.90 Å². The predicted molar refractivity (Wildman–Crippen MR) is 86.2 cm³/mol. The van der Waals surface area contributed by atoms with E-state index in [1.165, 1.54) is 4.90 Å². The number of nitrogens with zero attached hydrogens (tertiary/aromatic N) is 3. The highest BCUT2D eigenvalue weighted by Crippen LogP contribution is 2.29. The van der Waals surface area contributed by atoms with Gasteiger partial charge in [-0.15, -0.1) is 0 Å². The highest BCUT2D eigenvalue weighted by atomic mass is 35.5. The minimum atomic E-state index is -0.332. The van der Waals surface area contributed by atoms with Crippen molar-refractivity contribution in [3.05, 3.63) is 28.8 Å². The number of amides is 2. The molecule has 0 saturated carbocycles. The first-order chi connectivity index (χ1) is 10.5. The minimum absolute atomic E-state index is 0.130. The fourth-order valence-corrected chi connectivity index (χ4v) is 3.20. The highest BCUT2D eigenvalue weighted by Gasteiger charge is 2.43. The van der Waals surface area contributed by atoms with Crippen molar-refractivity contribution < 1.29 is 9.59 Å². The molecule has 22 heavy (non-hydrogen) atoms. The first kappa shape index (κ1) is 15.5. The third kappa shape index (κ3) is 2.76. The van der Waals surface area contributed by atoms with Crippen LogP contribution >= 0.6 is 11.6 Å². The molecular weight excluding hydrogens is 302 g/mol. The molecule has 1 atom stereocenters. The van der Waals surface area contributed by atoms with Gasteiger partial charge in [0.2, 0.25) is 5.91 Å². The van der Waals surface area contributed by atoms with Gasteiger partial charge in [-0.05, 0) is 31.7 Å². The zero-order valence-corrected chi connectivity index (χ0v) is 13.6. The summed E-state index contributed by atoms with van der Waals surface area (Å²) in [5.41, 5.74) is 1.50. The van der Waals surface area contributed by atoms with Crippen molar-refractivity contribution in [3.63, 3.8) is 0 Å². The first-order valence-electron chi connectivity index (χ1n) is 7.53. The molecule has 1 aromatic rings. The number of aryl methyl sites for hydroxylation is 1. The number of piperazine rings is 1. The summed E-state index contributed by atoms with van der Waals surface area (Å²) in [6.45, 7) is 5.39. The maximum atomic E-state index is 12.7. The lowest BCUT2D eigenvalue weighted by molar-refractivity contribution is -0.123. The van der Waals surface area contributed by atoms with E-state index in [9.17, 15) is 9.59 Å². The van der Waals surface area contributed by atoms with Crippen molar-refractivity contribution in [1.82, 2.24) is 9.80 Å². The van der Waals surface area contributed by atoms with Gasteiger partial charge >= 0.3 is 0 Å². The lowest BCUT2D eigenvalue weighted by atomic mass is 10.2. The molecule has 0 aliphatic carbocycles. The molecule has 2 amide bonds. The molecular formula is C16H20ClN3O2. The Balaban J connectivity index is 1.80. The van der Waals surface area contributed by atoms with E-state index in [0.29, 0.717) is 10.7 Å². The normalized spacial score (nSPS) is 24.3. The van der Waals surface area contributed by atoms with Crippen LogP contribution in [0.4, 0.5) is 5.69 Å². The Bertz CT molecular complexity index is 611. The molecule has 2 saturated heterocycles. The van der Waals surface area contributed by atoms with Crippen LogP contribution in [0, 0.1) is 6.92 Å². The predicted octanol–water partition coefficient (Wildman–Crippen LogP) is 1.53. The SMILES string of the molecule is Cc1ccc(N2C(=O)CC(N3CCN(C)CC3)C2=O)cc1Cl. The average Bonchev–Trinajstić information content (AvgIpc) is 2.78. The summed E-state index contributed by atoms with van der Waals surface area (Å²) >= 11 is 6.12. The molecule has 5 nitrogen and oxygen atoms in total. The van der Waals surface area contributed by atoms with E-state index in [2.05, 4.69) is 16.8 Å². The van der Waals surface area contributed by atoms with Crippen LogP contribution in [0.25, 0.3) is 0 Å². The molecule has 2 aliphatic rings. The lowest BCUT2D eigenvalue weighted by Crippen LogP contribution is -2.51. The molecule has 0 N–H and O–H groups in total. The molecule has 0 spiro atoms. The summed E-state index contributed by atoms with van der Waals surface area (Å²) in [6.07, 6.45) is 0.258. The van der Waals surface area contributed by atoms with E-state index in [1.807, 2.05) is 13.0 Å². The van der Waals surface area contributed by atoms with E-state index < -0.39 is 0 Å². The number of anilines is 1. The largest absolute Gasteiger partial charge is 0.304 e. The molecule has 6 heteroatoms. The molecule has 0 radical (unpaired) electrons. The topological polar surface area (TPSA) is 43.9 Å². The Morgan fingerprint density at radius 1 is 1.14 bits per heavy atom. The van der Waals surface area contributed by atoms with Crippen molar-refractivity contribution in [1.29, 1.82) is 0 Å². The first-order valence-corrected chi connectivity index (χ1v) is 7.90. The van der Waals surface area contributed by atoms with Gasteiger partial charge in [0.1, 0.15) is 0 Å². The third-order valence-electron chi connectivity index (χ3n) is 4.52. The minimum Gasteiger partial charge on any atom is -0.304 e. The monoisotopic (exact) mass is 321 g/mol. The summed E-state index contributed by atoms with van der Waals surface area (Å²) in [5.74, 6) is -0.275. The summed E-state index contributed by atoms with van der Waals surface area (Å²) in [5, 5.41) is 0.571. The Labute approximate surface area is 135 Å². The smallest absolute Gasteiger partial charge is 0.251 e. The molecule has 0 aromatic heterocycles. The van der Waals surface area contributed by atoms with Gasteiger partial charge in [0, 0.05) is 31.2 Å². The fraction of sp³-hybridized carbons (Fsp3) is 0.500. The number of likely N-dealkylation sites (N-methyl/N-ethyl adjacent to an activating group) is 1. The van der Waals surface area contributed by atoms with Crippen LogP contribution < -0.4 is 4.90 Å². The highest BCUT2D eigenvalue weighted by molar-refractivity contribution is 6.32. The number of rotatable bonds is 2. The van der Waals surface area contributed by atoms with Crippen molar-refractivity contribution in [3.8, 4) is 0 Å². The number of benzene rings is 1. The van der Waals surface area contributed by atoms with Crippen molar-refractivity contribution in [2.45, 2.75) is 19.4 Å². The zero-order valence-electron chi connectivity index (χ0n) is 12.9. The quantitative estimate of drug-likeness (QED) is 0.775. The third-order valence-corrected chi connectivity index (χ3v) is 4.92. The summed E-state index contributed by atoms with van der Waals surface area (Å²) in [6, 6.07) is 4.98. The van der Waals surface area contributed by atoms with Crippen LogP contribution in [-0.4, -0.2) is 60.9 Å². The van der Waals surface area contributed by atoms with Gasteiger partial charge in [0.15, 0.2) is 0 Å². The van der Waals surface area contributed by atoms with Crippen molar-refractivity contribution >= 4 is 29.1 Å². The second kappa shape index (κ2) is 5.99. The van der Waals surface area contributed by atoms with Gasteiger partial charge in [0.05, 0.1) is 18.2 Å². The van der Waals surface area contributed by atoms with Gasteiger partial charge in [-0.1, -0.05) is 17.7 Å². The molecule has 0 bridgehead atoms. The van der Waals surface area contributed by atoms with Crippen LogP contribution in [-0.2, 0) is 9.59 Å². The molecule has 118 valence electrons. The van der Waals surface area contributed by atoms with E-state index in [4.69, 9.17) is 11.6 Å². The van der Waals surface area contributed by atoms with Crippen molar-refractivity contribution in [2.24, 2.45) is 0 Å². The van der Waals surface area contributed by atoms with Crippen LogP contribution in [0.5, 0.6) is 0 Å². The molecule has 2 fully saturated rings. The summed E-state index contributed by atoms with van der Waals surface area (Å²) in [4.78, 5) is 30.7. The fourth-order valence-electron chi connectivity index (χ4n) is 3.03. The maximum Gasteiger partial charge on any atom is 0.251 e. The number of hydrogen-bond donors (Lipinski definition) is 0. The molecule has 2 heterocycles. The van der Waals surface area contributed by atoms with Gasteiger partial charge in [0.25, 0.3) is 5.91 Å². The van der Waals surface area contributed by atoms with Crippen molar-refractivity contribution in [2.75, 3.05) is 38.1 Å². The van der Waals surface area contributed by atoms with E-state index >= 15 is 0 Å². The van der Waals surface area contributed by atoms with E-state index in [1.54, 1.807) is 12.1 Å². The number of carbonyl (C=O) groups is 2. The summed E-state index contributed by atoms with van der Waals surface area (Å²) < 4.78 is 0. The second-order valence-electron chi connectivity index (χ2n) is 6.06. The molecule has 1 aromatic carbocycles. The van der Waals surface area contributed by atoms with E-state index in [0.717, 1.165) is 31.7 Å². The number of imide groups is 1. The molecule has 3 rings (SSSR count). The number of carbonyl (C=O) groups excluding carboxylic acids is 2. The van der Waals surface area contributed by atoms with Gasteiger partial charge < -0.3 is 4.90 Å². The molecule has 1 unspecified atom stereocenters. The van der Waals surface area contributed by atoms with Crippen LogP contribution in [0.2, 0.25) is 5.02 Å². The zero-order chi connectivity index (χ0) is 15.9. The number of halogens is 1. The Hall–Kier alpha value is -1.43.